The summed E-state index contributed by atoms with van der Waals surface area (Å²) in [7, 11) is 2.08. The van der Waals surface area contributed by atoms with E-state index in [1.165, 1.54) is 0 Å². The normalized spacial score (nSPS) is 16.7. The van der Waals surface area contributed by atoms with Crippen LogP contribution in [0, 0.1) is 5.92 Å². The quantitative estimate of drug-likeness (QED) is 0.677. The maximum atomic E-state index is 11.7. The number of carbonyl (C=O) groups excluding carboxylic acids is 1. The molecule has 0 aliphatic carbocycles. The Bertz CT molecular complexity index is 252. The van der Waals surface area contributed by atoms with Gasteiger partial charge >= 0.3 is 5.97 Å². The highest BCUT2D eigenvalue weighted by atomic mass is 16.5. The van der Waals surface area contributed by atoms with Gasteiger partial charge in [0.25, 0.3) is 0 Å². The molecule has 0 saturated carbocycles. The van der Waals surface area contributed by atoms with Crippen LogP contribution in [0.25, 0.3) is 0 Å². The first-order valence-corrected chi connectivity index (χ1v) is 6.87. The third-order valence-corrected chi connectivity index (χ3v) is 3.27. The van der Waals surface area contributed by atoms with Crippen molar-refractivity contribution in [3.8, 4) is 0 Å². The zero-order chi connectivity index (χ0) is 14.3. The minimum atomic E-state index is -0.901. The molecule has 0 heterocycles. The highest BCUT2D eigenvalue weighted by Gasteiger charge is 2.32. The van der Waals surface area contributed by atoms with Crippen LogP contribution in [0.2, 0.25) is 0 Å². The average molecular weight is 258 g/mol. The zero-order valence-corrected chi connectivity index (χ0v) is 12.8. The molecule has 0 aromatic rings. The van der Waals surface area contributed by atoms with Crippen molar-refractivity contribution in [3.05, 3.63) is 0 Å². The van der Waals surface area contributed by atoms with Crippen LogP contribution in [-0.4, -0.2) is 42.6 Å². The Morgan fingerprint density at radius 3 is 2.39 bits per heavy atom. The van der Waals surface area contributed by atoms with E-state index in [0.717, 1.165) is 13.0 Å². The molecule has 0 aromatic heterocycles. The molecular weight excluding hydrogens is 228 g/mol. The molecule has 18 heavy (non-hydrogen) atoms. The van der Waals surface area contributed by atoms with Gasteiger partial charge in [0.15, 0.2) is 0 Å². The molecule has 2 N–H and O–H groups in total. The van der Waals surface area contributed by atoms with Gasteiger partial charge in [-0.1, -0.05) is 13.8 Å². The number of hydrogen-bond acceptors (Lipinski definition) is 4. The van der Waals surface area contributed by atoms with Crippen molar-refractivity contribution in [2.75, 3.05) is 20.2 Å². The molecule has 0 aliphatic heterocycles. The van der Waals surface area contributed by atoms with Crippen LogP contribution in [0.1, 0.15) is 47.5 Å². The van der Waals surface area contributed by atoms with Crippen molar-refractivity contribution in [1.82, 2.24) is 4.90 Å². The van der Waals surface area contributed by atoms with E-state index in [1.807, 2.05) is 0 Å². The fourth-order valence-electron chi connectivity index (χ4n) is 1.83. The summed E-state index contributed by atoms with van der Waals surface area (Å²) < 4.78 is 5.00. The Hall–Kier alpha value is -0.610. The first-order valence-electron chi connectivity index (χ1n) is 6.87. The maximum absolute atomic E-state index is 11.7. The molecule has 108 valence electrons. The van der Waals surface area contributed by atoms with Crippen molar-refractivity contribution < 1.29 is 9.53 Å². The maximum Gasteiger partial charge on any atom is 0.325 e. The fraction of sp³-hybridized carbons (Fsp3) is 0.929. The number of carbonyl (C=O) groups is 1. The van der Waals surface area contributed by atoms with Crippen LogP contribution in [0.4, 0.5) is 0 Å². The number of esters is 1. The van der Waals surface area contributed by atoms with Gasteiger partial charge in [-0.25, -0.2) is 0 Å². The zero-order valence-electron chi connectivity index (χ0n) is 12.8. The summed E-state index contributed by atoms with van der Waals surface area (Å²) in [6.45, 7) is 11.5. The highest BCUT2D eigenvalue weighted by Crippen LogP contribution is 2.15. The summed E-state index contributed by atoms with van der Waals surface area (Å²) in [4.78, 5) is 14.0. The summed E-state index contributed by atoms with van der Waals surface area (Å²) in [6, 6.07) is 0.267. The molecule has 0 aromatic carbocycles. The molecule has 0 aliphatic rings. The third kappa shape index (κ3) is 6.36. The van der Waals surface area contributed by atoms with Gasteiger partial charge in [0.2, 0.25) is 0 Å². The highest BCUT2D eigenvalue weighted by molar-refractivity contribution is 5.80. The number of hydrogen-bond donors (Lipinski definition) is 1. The van der Waals surface area contributed by atoms with E-state index >= 15 is 0 Å². The van der Waals surface area contributed by atoms with Crippen LogP contribution >= 0.6 is 0 Å². The second-order valence-electron chi connectivity index (χ2n) is 5.85. The lowest BCUT2D eigenvalue weighted by Gasteiger charge is -2.31. The van der Waals surface area contributed by atoms with Crippen LogP contribution in [0.3, 0.4) is 0 Å². The van der Waals surface area contributed by atoms with Crippen molar-refractivity contribution in [2.45, 2.75) is 59.0 Å². The van der Waals surface area contributed by atoms with Crippen molar-refractivity contribution in [3.63, 3.8) is 0 Å². The fourth-order valence-corrected chi connectivity index (χ4v) is 1.83. The number of nitrogens with zero attached hydrogens (tertiary/aromatic N) is 1. The van der Waals surface area contributed by atoms with Gasteiger partial charge in [-0.15, -0.1) is 0 Å². The van der Waals surface area contributed by atoms with Crippen LogP contribution in [0.15, 0.2) is 0 Å². The standard InChI is InChI=1S/C14H30N2O2/c1-7-18-13(17)14(5,15)10-12(4)16(6)9-8-11(2)3/h11-12H,7-10,15H2,1-6H3. The minimum Gasteiger partial charge on any atom is -0.465 e. The summed E-state index contributed by atoms with van der Waals surface area (Å²) >= 11 is 0. The molecule has 0 fully saturated rings. The molecule has 0 rings (SSSR count). The van der Waals surface area contributed by atoms with E-state index in [9.17, 15) is 4.79 Å². The van der Waals surface area contributed by atoms with E-state index in [0.29, 0.717) is 18.9 Å². The molecule has 2 unspecified atom stereocenters. The Morgan fingerprint density at radius 2 is 1.94 bits per heavy atom. The predicted molar refractivity (Wildman–Crippen MR) is 75.4 cm³/mol. The topological polar surface area (TPSA) is 55.6 Å². The average Bonchev–Trinajstić information content (AvgIpc) is 2.25. The summed E-state index contributed by atoms with van der Waals surface area (Å²) in [5.41, 5.74) is 5.14. The van der Waals surface area contributed by atoms with Gasteiger partial charge in [-0.3, -0.25) is 4.79 Å². The van der Waals surface area contributed by atoms with Crippen LogP contribution < -0.4 is 5.73 Å². The molecule has 2 atom stereocenters. The van der Waals surface area contributed by atoms with Gasteiger partial charge in [-0.2, -0.15) is 0 Å². The minimum absolute atomic E-state index is 0.267. The van der Waals surface area contributed by atoms with E-state index in [-0.39, 0.29) is 12.0 Å². The lowest BCUT2D eigenvalue weighted by atomic mass is 9.94. The molecular formula is C14H30N2O2. The van der Waals surface area contributed by atoms with Crippen LogP contribution in [-0.2, 0) is 9.53 Å². The Balaban J connectivity index is 4.27. The van der Waals surface area contributed by atoms with Crippen LogP contribution in [0.5, 0.6) is 0 Å². The van der Waals surface area contributed by atoms with E-state index < -0.39 is 5.54 Å². The molecule has 0 bridgehead atoms. The number of nitrogens with two attached hydrogens (primary N) is 1. The molecule has 0 radical (unpaired) electrons. The molecule has 0 saturated heterocycles. The van der Waals surface area contributed by atoms with Crippen molar-refractivity contribution in [1.29, 1.82) is 0 Å². The van der Waals surface area contributed by atoms with E-state index in [4.69, 9.17) is 10.5 Å². The smallest absolute Gasteiger partial charge is 0.325 e. The molecule has 0 spiro atoms. The lowest BCUT2D eigenvalue weighted by molar-refractivity contribution is -0.149. The molecule has 4 heteroatoms. The Morgan fingerprint density at radius 1 is 1.39 bits per heavy atom. The predicted octanol–water partition coefficient (Wildman–Crippen LogP) is 2.02. The van der Waals surface area contributed by atoms with E-state index in [2.05, 4.69) is 32.7 Å². The lowest BCUT2D eigenvalue weighted by Crippen LogP contribution is -2.50. The number of ether oxygens (including phenoxy) is 1. The second-order valence-corrected chi connectivity index (χ2v) is 5.85. The largest absolute Gasteiger partial charge is 0.465 e. The summed E-state index contributed by atoms with van der Waals surface area (Å²) in [6.07, 6.45) is 1.77. The molecule has 4 nitrogen and oxygen atoms in total. The van der Waals surface area contributed by atoms with Gasteiger partial charge in [0.05, 0.1) is 6.61 Å². The van der Waals surface area contributed by atoms with Crippen molar-refractivity contribution in [2.24, 2.45) is 11.7 Å². The Labute approximate surface area is 112 Å². The Kier molecular flexibility index (Phi) is 7.48. The van der Waals surface area contributed by atoms with Gasteiger partial charge < -0.3 is 15.4 Å². The monoisotopic (exact) mass is 258 g/mol. The van der Waals surface area contributed by atoms with Gasteiger partial charge in [-0.05, 0) is 53.1 Å². The molecule has 0 amide bonds. The van der Waals surface area contributed by atoms with Gasteiger partial charge in [0, 0.05) is 6.04 Å². The second kappa shape index (κ2) is 7.74. The first-order chi connectivity index (χ1) is 8.20. The third-order valence-electron chi connectivity index (χ3n) is 3.27. The SMILES string of the molecule is CCOC(=O)C(C)(N)CC(C)N(C)CCC(C)C. The van der Waals surface area contributed by atoms with E-state index in [1.54, 1.807) is 13.8 Å². The summed E-state index contributed by atoms with van der Waals surface area (Å²) in [5.74, 6) is 0.378. The summed E-state index contributed by atoms with van der Waals surface area (Å²) in [5, 5.41) is 0. The number of rotatable bonds is 8. The first kappa shape index (κ1) is 17.4. The van der Waals surface area contributed by atoms with Crippen molar-refractivity contribution >= 4 is 5.97 Å². The van der Waals surface area contributed by atoms with Gasteiger partial charge in [0.1, 0.15) is 5.54 Å².